The molecule has 0 spiro atoms. The molecule has 0 saturated carbocycles. The maximum absolute atomic E-state index is 12.3. The van der Waals surface area contributed by atoms with Gasteiger partial charge in [-0.15, -0.1) is 11.3 Å². The van der Waals surface area contributed by atoms with E-state index in [1.165, 1.54) is 18.4 Å². The normalized spacial score (nSPS) is 13.5. The van der Waals surface area contributed by atoms with Crippen LogP contribution in [-0.2, 0) is 0 Å². The van der Waals surface area contributed by atoms with Gasteiger partial charge in [-0.05, 0) is 37.6 Å². The third-order valence-corrected chi connectivity index (χ3v) is 4.57. The highest BCUT2D eigenvalue weighted by atomic mass is 35.5. The number of carbonyl (C=O) groups is 1. The molecule has 2 rings (SSSR count). The molecule has 2 atom stereocenters. The van der Waals surface area contributed by atoms with Gasteiger partial charge in [-0.1, -0.05) is 23.7 Å². The molecule has 118 valence electrons. The van der Waals surface area contributed by atoms with Crippen LogP contribution in [0.1, 0.15) is 33.1 Å². The molecule has 6 heteroatoms. The number of benzene rings is 1. The molecule has 0 fully saturated rings. The van der Waals surface area contributed by atoms with E-state index >= 15 is 0 Å². The van der Waals surface area contributed by atoms with Crippen LogP contribution in [0.5, 0.6) is 5.75 Å². The van der Waals surface area contributed by atoms with Crippen LogP contribution in [0.3, 0.4) is 0 Å². The SMILES string of the molecule is COc1cc(C)sc1C(=O)NC(C)C(O)c1ccc(Cl)cc1. The first-order valence-electron chi connectivity index (χ1n) is 6.81. The van der Waals surface area contributed by atoms with E-state index in [0.717, 1.165) is 4.88 Å². The fraction of sp³-hybridized carbons (Fsp3) is 0.312. The molecular formula is C16H18ClNO3S. The van der Waals surface area contributed by atoms with E-state index in [1.54, 1.807) is 31.2 Å². The average Bonchev–Trinajstić information content (AvgIpc) is 2.88. The number of thiophene rings is 1. The predicted molar refractivity (Wildman–Crippen MR) is 88.9 cm³/mol. The zero-order valence-corrected chi connectivity index (χ0v) is 14.2. The van der Waals surface area contributed by atoms with Crippen molar-refractivity contribution < 1.29 is 14.6 Å². The van der Waals surface area contributed by atoms with Crippen molar-refractivity contribution in [3.05, 3.63) is 50.7 Å². The summed E-state index contributed by atoms with van der Waals surface area (Å²) in [6.07, 6.45) is -0.812. The first-order chi connectivity index (χ1) is 10.4. The summed E-state index contributed by atoms with van der Waals surface area (Å²) >= 11 is 7.19. The molecule has 1 amide bonds. The van der Waals surface area contributed by atoms with Gasteiger partial charge in [0.25, 0.3) is 5.91 Å². The van der Waals surface area contributed by atoms with E-state index in [0.29, 0.717) is 21.2 Å². The van der Waals surface area contributed by atoms with Crippen LogP contribution >= 0.6 is 22.9 Å². The van der Waals surface area contributed by atoms with Crippen LogP contribution in [0.15, 0.2) is 30.3 Å². The number of aliphatic hydroxyl groups is 1. The minimum atomic E-state index is -0.812. The topological polar surface area (TPSA) is 58.6 Å². The first kappa shape index (κ1) is 16.8. The smallest absolute Gasteiger partial charge is 0.265 e. The number of nitrogens with one attached hydrogen (secondary N) is 1. The van der Waals surface area contributed by atoms with Gasteiger partial charge in [-0.25, -0.2) is 0 Å². The van der Waals surface area contributed by atoms with E-state index < -0.39 is 12.1 Å². The van der Waals surface area contributed by atoms with E-state index in [9.17, 15) is 9.90 Å². The minimum absolute atomic E-state index is 0.254. The zero-order chi connectivity index (χ0) is 16.3. The van der Waals surface area contributed by atoms with Gasteiger partial charge in [-0.2, -0.15) is 0 Å². The number of amides is 1. The maximum atomic E-state index is 12.3. The summed E-state index contributed by atoms with van der Waals surface area (Å²) in [5.74, 6) is 0.295. The van der Waals surface area contributed by atoms with Crippen molar-refractivity contribution in [1.29, 1.82) is 0 Å². The number of hydrogen-bond acceptors (Lipinski definition) is 4. The van der Waals surface area contributed by atoms with Crippen LogP contribution in [-0.4, -0.2) is 24.2 Å². The summed E-state index contributed by atoms with van der Waals surface area (Å²) < 4.78 is 5.20. The standard InChI is InChI=1S/C16H18ClNO3S/c1-9-8-13(21-3)15(22-9)16(20)18-10(2)14(19)11-4-6-12(17)7-5-11/h4-8,10,14,19H,1-3H3,(H,18,20). The van der Waals surface area contributed by atoms with Gasteiger partial charge in [0.1, 0.15) is 10.6 Å². The number of aryl methyl sites for hydroxylation is 1. The summed E-state index contributed by atoms with van der Waals surface area (Å²) in [5.41, 5.74) is 0.700. The first-order valence-corrected chi connectivity index (χ1v) is 8.00. The molecule has 0 saturated heterocycles. The Balaban J connectivity index is 2.08. The second kappa shape index (κ2) is 7.13. The fourth-order valence-corrected chi connectivity index (χ4v) is 3.11. The number of aliphatic hydroxyl groups excluding tert-OH is 1. The molecule has 4 nitrogen and oxygen atoms in total. The molecule has 1 aromatic carbocycles. The number of rotatable bonds is 5. The van der Waals surface area contributed by atoms with Gasteiger partial charge in [0.2, 0.25) is 0 Å². The summed E-state index contributed by atoms with van der Waals surface area (Å²) in [4.78, 5) is 13.8. The average molecular weight is 340 g/mol. The molecule has 2 N–H and O–H groups in total. The van der Waals surface area contributed by atoms with E-state index in [4.69, 9.17) is 16.3 Å². The van der Waals surface area contributed by atoms with Crippen molar-refractivity contribution in [1.82, 2.24) is 5.32 Å². The van der Waals surface area contributed by atoms with Crippen molar-refractivity contribution in [2.24, 2.45) is 0 Å². The number of hydrogen-bond donors (Lipinski definition) is 2. The maximum Gasteiger partial charge on any atom is 0.265 e. The quantitative estimate of drug-likeness (QED) is 0.875. The van der Waals surface area contributed by atoms with Crippen LogP contribution in [0.4, 0.5) is 0 Å². The molecule has 2 unspecified atom stereocenters. The lowest BCUT2D eigenvalue weighted by atomic mass is 10.0. The lowest BCUT2D eigenvalue weighted by molar-refractivity contribution is 0.0853. The number of carbonyl (C=O) groups excluding carboxylic acids is 1. The Kier molecular flexibility index (Phi) is 5.45. The Labute approximate surface area is 138 Å². The van der Waals surface area contributed by atoms with Gasteiger partial charge in [-0.3, -0.25) is 4.79 Å². The fourth-order valence-electron chi connectivity index (χ4n) is 2.10. The molecule has 22 heavy (non-hydrogen) atoms. The van der Waals surface area contributed by atoms with Crippen molar-refractivity contribution in [3.8, 4) is 5.75 Å². The Morgan fingerprint density at radius 2 is 2.00 bits per heavy atom. The van der Waals surface area contributed by atoms with Crippen molar-refractivity contribution in [2.75, 3.05) is 7.11 Å². The highest BCUT2D eigenvalue weighted by Gasteiger charge is 2.22. The molecule has 0 bridgehead atoms. The molecule has 0 aliphatic heterocycles. The van der Waals surface area contributed by atoms with Gasteiger partial charge in [0.05, 0.1) is 19.3 Å². The lowest BCUT2D eigenvalue weighted by Gasteiger charge is -2.20. The second-order valence-electron chi connectivity index (χ2n) is 5.01. The monoisotopic (exact) mass is 339 g/mol. The zero-order valence-electron chi connectivity index (χ0n) is 12.6. The van der Waals surface area contributed by atoms with Crippen molar-refractivity contribution in [3.63, 3.8) is 0 Å². The number of ether oxygens (including phenoxy) is 1. The number of halogens is 1. The van der Waals surface area contributed by atoms with Gasteiger partial charge >= 0.3 is 0 Å². The van der Waals surface area contributed by atoms with Crippen LogP contribution in [0, 0.1) is 6.92 Å². The summed E-state index contributed by atoms with van der Waals surface area (Å²) in [5, 5.41) is 13.7. The molecule has 0 aliphatic rings. The Morgan fingerprint density at radius 3 is 2.59 bits per heavy atom. The third-order valence-electron chi connectivity index (χ3n) is 3.29. The molecule has 1 aromatic heterocycles. The van der Waals surface area contributed by atoms with Crippen molar-refractivity contribution in [2.45, 2.75) is 26.0 Å². The van der Waals surface area contributed by atoms with Crippen LogP contribution in [0.25, 0.3) is 0 Å². The largest absolute Gasteiger partial charge is 0.495 e. The number of methoxy groups -OCH3 is 1. The second-order valence-corrected chi connectivity index (χ2v) is 6.71. The molecule has 0 aliphatic carbocycles. The van der Waals surface area contributed by atoms with E-state index in [-0.39, 0.29) is 5.91 Å². The van der Waals surface area contributed by atoms with Crippen LogP contribution in [0.2, 0.25) is 5.02 Å². The Hall–Kier alpha value is -1.56. The van der Waals surface area contributed by atoms with Gasteiger partial charge in [0.15, 0.2) is 0 Å². The molecule has 0 radical (unpaired) electrons. The molecular weight excluding hydrogens is 322 g/mol. The van der Waals surface area contributed by atoms with E-state index in [1.807, 2.05) is 13.0 Å². The van der Waals surface area contributed by atoms with Crippen LogP contribution < -0.4 is 10.1 Å². The van der Waals surface area contributed by atoms with Crippen molar-refractivity contribution >= 4 is 28.8 Å². The Bertz CT molecular complexity index is 654. The molecule has 1 heterocycles. The predicted octanol–water partition coefficient (Wildman–Crippen LogP) is 3.57. The molecule has 2 aromatic rings. The summed E-state index contributed by atoms with van der Waals surface area (Å²) in [7, 11) is 1.53. The minimum Gasteiger partial charge on any atom is -0.495 e. The highest BCUT2D eigenvalue weighted by Crippen LogP contribution is 2.29. The summed E-state index contributed by atoms with van der Waals surface area (Å²) in [6, 6.07) is 8.28. The van der Waals surface area contributed by atoms with Gasteiger partial charge in [0, 0.05) is 9.90 Å². The summed E-state index contributed by atoms with van der Waals surface area (Å²) in [6.45, 7) is 3.67. The van der Waals surface area contributed by atoms with Gasteiger partial charge < -0.3 is 15.2 Å². The third kappa shape index (κ3) is 3.80. The van der Waals surface area contributed by atoms with E-state index in [2.05, 4.69) is 5.32 Å². The lowest BCUT2D eigenvalue weighted by Crippen LogP contribution is -2.36. The highest BCUT2D eigenvalue weighted by molar-refractivity contribution is 7.14. The Morgan fingerprint density at radius 1 is 1.36 bits per heavy atom.